The molecule has 100 valence electrons. The van der Waals surface area contributed by atoms with E-state index in [2.05, 4.69) is 36.5 Å². The number of hydrogen-bond acceptors (Lipinski definition) is 1. The first kappa shape index (κ1) is 13.8. The molecule has 0 fully saturated rings. The van der Waals surface area contributed by atoms with Crippen LogP contribution in [0.1, 0.15) is 24.0 Å². The van der Waals surface area contributed by atoms with Crippen LogP contribution in [-0.4, -0.2) is 13.1 Å². The maximum absolute atomic E-state index is 12.8. The van der Waals surface area contributed by atoms with Gasteiger partial charge in [0.1, 0.15) is 5.82 Å². The van der Waals surface area contributed by atoms with Crippen LogP contribution in [0.3, 0.4) is 0 Å². The van der Waals surface area contributed by atoms with Gasteiger partial charge in [-0.25, -0.2) is 4.39 Å². The topological polar surface area (TPSA) is 12.0 Å². The molecule has 0 aromatic heterocycles. The Bertz CT molecular complexity index is 478. The Balaban J connectivity index is 1.71. The van der Waals surface area contributed by atoms with Crippen LogP contribution in [-0.2, 0) is 6.42 Å². The second-order valence-electron chi connectivity index (χ2n) is 4.89. The zero-order valence-corrected chi connectivity index (χ0v) is 11.3. The molecule has 2 aromatic rings. The lowest BCUT2D eigenvalue weighted by Gasteiger charge is -2.13. The zero-order chi connectivity index (χ0) is 13.5. The second kappa shape index (κ2) is 7.05. The molecule has 0 aliphatic rings. The van der Waals surface area contributed by atoms with Gasteiger partial charge in [0.2, 0.25) is 0 Å². The smallest absolute Gasteiger partial charge is 0.123 e. The van der Waals surface area contributed by atoms with Gasteiger partial charge in [0, 0.05) is 6.54 Å². The van der Waals surface area contributed by atoms with Crippen molar-refractivity contribution in [2.75, 3.05) is 13.1 Å². The standard InChI is InChI=1S/C17H20FN/c1-14(16-5-3-2-4-6-16)13-19-12-11-15-7-9-17(18)10-8-15/h2-10,14,19H,11-13H2,1H3. The summed E-state index contributed by atoms with van der Waals surface area (Å²) in [6.45, 7) is 4.11. The third-order valence-electron chi connectivity index (χ3n) is 3.32. The van der Waals surface area contributed by atoms with E-state index in [4.69, 9.17) is 0 Å². The third-order valence-corrected chi connectivity index (χ3v) is 3.32. The van der Waals surface area contributed by atoms with E-state index in [-0.39, 0.29) is 5.82 Å². The second-order valence-corrected chi connectivity index (χ2v) is 4.89. The molecule has 0 heterocycles. The van der Waals surface area contributed by atoms with Crippen molar-refractivity contribution in [3.63, 3.8) is 0 Å². The van der Waals surface area contributed by atoms with Gasteiger partial charge < -0.3 is 5.32 Å². The fraction of sp³-hybridized carbons (Fsp3) is 0.294. The highest BCUT2D eigenvalue weighted by atomic mass is 19.1. The van der Waals surface area contributed by atoms with Gasteiger partial charge in [0.25, 0.3) is 0 Å². The van der Waals surface area contributed by atoms with E-state index < -0.39 is 0 Å². The molecule has 2 aromatic carbocycles. The van der Waals surface area contributed by atoms with Gasteiger partial charge in [-0.05, 0) is 42.1 Å². The zero-order valence-electron chi connectivity index (χ0n) is 11.3. The molecule has 0 saturated carbocycles. The summed E-state index contributed by atoms with van der Waals surface area (Å²) < 4.78 is 12.8. The molecule has 2 rings (SSSR count). The molecule has 0 aliphatic carbocycles. The minimum absolute atomic E-state index is 0.172. The quantitative estimate of drug-likeness (QED) is 0.777. The van der Waals surface area contributed by atoms with Gasteiger partial charge in [-0.15, -0.1) is 0 Å². The van der Waals surface area contributed by atoms with E-state index in [9.17, 15) is 4.39 Å². The van der Waals surface area contributed by atoms with Gasteiger partial charge in [0.05, 0.1) is 0 Å². The highest BCUT2D eigenvalue weighted by Gasteiger charge is 2.03. The van der Waals surface area contributed by atoms with Crippen molar-refractivity contribution in [2.24, 2.45) is 0 Å². The molecule has 1 N–H and O–H groups in total. The maximum Gasteiger partial charge on any atom is 0.123 e. The lowest BCUT2D eigenvalue weighted by molar-refractivity contribution is 0.612. The molecule has 1 atom stereocenters. The maximum atomic E-state index is 12.8. The fourth-order valence-electron chi connectivity index (χ4n) is 2.10. The minimum Gasteiger partial charge on any atom is -0.316 e. The average molecular weight is 257 g/mol. The summed E-state index contributed by atoms with van der Waals surface area (Å²) in [6.07, 6.45) is 0.932. The van der Waals surface area contributed by atoms with Gasteiger partial charge in [-0.1, -0.05) is 49.4 Å². The highest BCUT2D eigenvalue weighted by Crippen LogP contribution is 2.12. The summed E-state index contributed by atoms with van der Waals surface area (Å²) in [5.41, 5.74) is 2.53. The predicted octanol–water partition coefficient (Wildman–Crippen LogP) is 3.76. The Kier molecular flexibility index (Phi) is 5.10. The summed E-state index contributed by atoms with van der Waals surface area (Å²) in [5, 5.41) is 3.45. The normalized spacial score (nSPS) is 12.3. The molecule has 0 bridgehead atoms. The highest BCUT2D eigenvalue weighted by molar-refractivity contribution is 5.19. The largest absolute Gasteiger partial charge is 0.316 e. The first-order valence-corrected chi connectivity index (χ1v) is 6.76. The summed E-state index contributed by atoms with van der Waals surface area (Å²) in [5.74, 6) is 0.337. The van der Waals surface area contributed by atoms with E-state index in [1.54, 1.807) is 0 Å². The van der Waals surface area contributed by atoms with Crippen LogP contribution in [0.4, 0.5) is 4.39 Å². The summed E-state index contributed by atoms with van der Waals surface area (Å²) in [7, 11) is 0. The first-order valence-electron chi connectivity index (χ1n) is 6.76. The predicted molar refractivity (Wildman–Crippen MR) is 77.8 cm³/mol. The monoisotopic (exact) mass is 257 g/mol. The number of halogens is 1. The van der Waals surface area contributed by atoms with Crippen molar-refractivity contribution in [2.45, 2.75) is 19.3 Å². The SMILES string of the molecule is CC(CNCCc1ccc(F)cc1)c1ccccc1. The molecule has 0 amide bonds. The molecule has 0 spiro atoms. The molecular weight excluding hydrogens is 237 g/mol. The lowest BCUT2D eigenvalue weighted by Crippen LogP contribution is -2.22. The lowest BCUT2D eigenvalue weighted by atomic mass is 10.0. The summed E-state index contributed by atoms with van der Waals surface area (Å²) >= 11 is 0. The van der Waals surface area contributed by atoms with Crippen molar-refractivity contribution >= 4 is 0 Å². The van der Waals surface area contributed by atoms with Crippen molar-refractivity contribution < 1.29 is 4.39 Å². The summed E-state index contributed by atoms with van der Waals surface area (Å²) in [6, 6.07) is 17.2. The fourth-order valence-corrected chi connectivity index (χ4v) is 2.10. The van der Waals surface area contributed by atoms with Gasteiger partial charge >= 0.3 is 0 Å². The van der Waals surface area contributed by atoms with Crippen LogP contribution in [0.25, 0.3) is 0 Å². The van der Waals surface area contributed by atoms with Crippen molar-refractivity contribution in [3.8, 4) is 0 Å². The Hall–Kier alpha value is -1.67. The summed E-state index contributed by atoms with van der Waals surface area (Å²) in [4.78, 5) is 0. The molecule has 19 heavy (non-hydrogen) atoms. The van der Waals surface area contributed by atoms with E-state index in [1.807, 2.05) is 18.2 Å². The van der Waals surface area contributed by atoms with E-state index in [0.29, 0.717) is 5.92 Å². The van der Waals surface area contributed by atoms with Gasteiger partial charge in [-0.2, -0.15) is 0 Å². The number of benzene rings is 2. The van der Waals surface area contributed by atoms with E-state index in [1.165, 1.54) is 23.3 Å². The van der Waals surface area contributed by atoms with Crippen LogP contribution < -0.4 is 5.32 Å². The van der Waals surface area contributed by atoms with Crippen molar-refractivity contribution in [3.05, 3.63) is 71.5 Å². The first-order chi connectivity index (χ1) is 9.25. The molecule has 1 nitrogen and oxygen atoms in total. The van der Waals surface area contributed by atoms with Gasteiger partial charge in [-0.3, -0.25) is 0 Å². The number of nitrogens with one attached hydrogen (secondary N) is 1. The van der Waals surface area contributed by atoms with Crippen LogP contribution >= 0.6 is 0 Å². The third kappa shape index (κ3) is 4.49. The Morgan fingerprint density at radius 3 is 2.37 bits per heavy atom. The van der Waals surface area contributed by atoms with E-state index in [0.717, 1.165) is 19.5 Å². The van der Waals surface area contributed by atoms with Gasteiger partial charge in [0.15, 0.2) is 0 Å². The van der Waals surface area contributed by atoms with Crippen molar-refractivity contribution in [1.82, 2.24) is 5.32 Å². The number of rotatable bonds is 6. The molecule has 1 unspecified atom stereocenters. The Morgan fingerprint density at radius 2 is 1.68 bits per heavy atom. The van der Waals surface area contributed by atoms with Crippen LogP contribution in [0.5, 0.6) is 0 Å². The molecule has 0 saturated heterocycles. The molecule has 2 heteroatoms. The number of hydrogen-bond donors (Lipinski definition) is 1. The molecule has 0 radical (unpaired) electrons. The van der Waals surface area contributed by atoms with E-state index >= 15 is 0 Å². The molecule has 0 aliphatic heterocycles. The van der Waals surface area contributed by atoms with Crippen molar-refractivity contribution in [1.29, 1.82) is 0 Å². The Labute approximate surface area is 114 Å². The Morgan fingerprint density at radius 1 is 1.00 bits per heavy atom. The average Bonchev–Trinajstić information content (AvgIpc) is 2.46. The van der Waals surface area contributed by atoms with Crippen LogP contribution in [0, 0.1) is 5.82 Å². The molecular formula is C17H20FN. The minimum atomic E-state index is -0.172. The van der Waals surface area contributed by atoms with Crippen LogP contribution in [0.2, 0.25) is 0 Å². The van der Waals surface area contributed by atoms with Crippen LogP contribution in [0.15, 0.2) is 54.6 Å².